The third-order valence-corrected chi connectivity index (χ3v) is 6.53. The molecule has 4 N–H and O–H groups in total. The van der Waals surface area contributed by atoms with Crippen LogP contribution >= 0.6 is 15.9 Å². The van der Waals surface area contributed by atoms with Gasteiger partial charge in [-0.05, 0) is 94.6 Å². The number of nitrogens with two attached hydrogens (primary N) is 1. The van der Waals surface area contributed by atoms with Gasteiger partial charge in [0, 0.05) is 22.6 Å². The second-order valence-corrected chi connectivity index (χ2v) is 9.93. The number of rotatable bonds is 7. The molecule has 0 unspecified atom stereocenters. The molecule has 5 rings (SSSR count). The molecule has 0 spiro atoms. The summed E-state index contributed by atoms with van der Waals surface area (Å²) in [6.45, 7) is 4.13. The summed E-state index contributed by atoms with van der Waals surface area (Å²) < 4.78 is 20.4. The monoisotopic (exact) mass is 586 g/mol. The summed E-state index contributed by atoms with van der Waals surface area (Å²) >= 11 is 3.12. The quantitative estimate of drug-likeness (QED) is 0.170. The highest BCUT2D eigenvalue weighted by atomic mass is 79.9. The van der Waals surface area contributed by atoms with Crippen LogP contribution in [0.15, 0.2) is 83.6 Å². The number of nitrogen functional groups attached to an aromatic ring is 1. The van der Waals surface area contributed by atoms with Gasteiger partial charge in [0.1, 0.15) is 23.7 Å². The van der Waals surface area contributed by atoms with Gasteiger partial charge in [0.25, 0.3) is 5.91 Å². The number of hydrogen-bond acceptors (Lipinski definition) is 7. The average molecular weight is 587 g/mol. The molecule has 8 nitrogen and oxygen atoms in total. The molecule has 1 amide bonds. The van der Waals surface area contributed by atoms with Gasteiger partial charge < -0.3 is 21.1 Å². The molecule has 0 fully saturated rings. The number of anilines is 4. The first-order chi connectivity index (χ1) is 18.8. The van der Waals surface area contributed by atoms with Crippen molar-refractivity contribution in [2.24, 2.45) is 0 Å². The molecule has 2 aromatic heterocycles. The maximum atomic E-state index is 14.0. The topological polar surface area (TPSA) is 115 Å². The van der Waals surface area contributed by atoms with E-state index in [9.17, 15) is 9.18 Å². The Kier molecular flexibility index (Phi) is 7.38. The van der Waals surface area contributed by atoms with Gasteiger partial charge in [0.05, 0.1) is 15.5 Å². The van der Waals surface area contributed by atoms with E-state index in [1.54, 1.807) is 48.5 Å². The van der Waals surface area contributed by atoms with E-state index in [1.165, 1.54) is 18.5 Å². The number of aromatic nitrogens is 3. The van der Waals surface area contributed by atoms with Gasteiger partial charge in [0.15, 0.2) is 11.4 Å². The summed E-state index contributed by atoms with van der Waals surface area (Å²) in [6, 6.07) is 20.1. The highest BCUT2D eigenvalue weighted by Crippen LogP contribution is 2.34. The zero-order chi connectivity index (χ0) is 27.5. The van der Waals surface area contributed by atoms with Crippen molar-refractivity contribution < 1.29 is 13.9 Å². The molecule has 2 heterocycles. The molecule has 196 valence electrons. The van der Waals surface area contributed by atoms with Crippen molar-refractivity contribution in [3.05, 3.63) is 101 Å². The van der Waals surface area contributed by atoms with Crippen molar-refractivity contribution in [1.82, 2.24) is 15.0 Å². The smallest absolute Gasteiger partial charge is 0.255 e. The van der Waals surface area contributed by atoms with E-state index in [0.717, 1.165) is 5.69 Å². The molecule has 3 aromatic carbocycles. The van der Waals surface area contributed by atoms with Gasteiger partial charge >= 0.3 is 0 Å². The van der Waals surface area contributed by atoms with E-state index < -0.39 is 11.7 Å². The highest BCUT2D eigenvalue weighted by Gasteiger charge is 2.15. The molecule has 5 aromatic rings. The minimum atomic E-state index is -0.479. The fourth-order valence-corrected chi connectivity index (χ4v) is 4.05. The van der Waals surface area contributed by atoms with E-state index in [-0.39, 0.29) is 5.92 Å². The fraction of sp³-hybridized carbons (Fsp3) is 0.103. The number of fused-ring (bicyclic) bond motifs is 1. The number of carbonyl (C=O) groups is 1. The number of carbonyl (C=O) groups excluding carboxylic acids is 1. The second kappa shape index (κ2) is 11.0. The number of amides is 1. The predicted octanol–water partition coefficient (Wildman–Crippen LogP) is 7.42. The third kappa shape index (κ3) is 5.96. The van der Waals surface area contributed by atoms with Crippen molar-refractivity contribution in [2.45, 2.75) is 19.8 Å². The minimum absolute atomic E-state index is 0.245. The molecular weight excluding hydrogens is 563 g/mol. The molecule has 0 aliphatic carbocycles. The van der Waals surface area contributed by atoms with Crippen LogP contribution in [0.25, 0.3) is 11.0 Å². The number of pyridine rings is 1. The standard InChI is InChI=1S/C29H24BrFN6O2/c1-16(2)24-11-9-21-27(36-24)33-15-34-28(21)37-25-13-17(29(38)35-19-6-10-22(30)23(31)14-19)3-12-26(25)39-20-7-4-18(32)5-8-20/h3-16H,32H2,1-2H3,(H,35,38)(H,33,34,36,37). The van der Waals surface area contributed by atoms with E-state index in [0.29, 0.717) is 55.4 Å². The second-order valence-electron chi connectivity index (χ2n) is 9.07. The van der Waals surface area contributed by atoms with E-state index in [1.807, 2.05) is 12.1 Å². The number of ether oxygens (including phenoxy) is 1. The Labute approximate surface area is 232 Å². The Balaban J connectivity index is 1.51. The van der Waals surface area contributed by atoms with Crippen LogP contribution in [-0.4, -0.2) is 20.9 Å². The molecule has 39 heavy (non-hydrogen) atoms. The van der Waals surface area contributed by atoms with Crippen LogP contribution in [0.5, 0.6) is 11.5 Å². The van der Waals surface area contributed by atoms with Crippen molar-refractivity contribution in [3.63, 3.8) is 0 Å². The Morgan fingerprint density at radius 1 is 1.00 bits per heavy atom. The molecule has 10 heteroatoms. The molecule has 0 bridgehead atoms. The number of nitrogens with one attached hydrogen (secondary N) is 2. The fourth-order valence-electron chi connectivity index (χ4n) is 3.80. The Hall–Kier alpha value is -4.57. The summed E-state index contributed by atoms with van der Waals surface area (Å²) in [5.41, 5.74) is 9.01. The normalized spacial score (nSPS) is 11.0. The van der Waals surface area contributed by atoms with Crippen LogP contribution in [0.4, 0.5) is 27.3 Å². The summed E-state index contributed by atoms with van der Waals surface area (Å²) in [5, 5.41) is 6.71. The highest BCUT2D eigenvalue weighted by molar-refractivity contribution is 9.10. The van der Waals surface area contributed by atoms with Crippen LogP contribution in [0.1, 0.15) is 35.8 Å². The lowest BCUT2D eigenvalue weighted by molar-refractivity contribution is 0.102. The zero-order valence-electron chi connectivity index (χ0n) is 21.1. The maximum Gasteiger partial charge on any atom is 0.255 e. The van der Waals surface area contributed by atoms with Crippen LogP contribution in [0.2, 0.25) is 0 Å². The third-order valence-electron chi connectivity index (χ3n) is 5.89. The van der Waals surface area contributed by atoms with Crippen molar-refractivity contribution >= 4 is 55.8 Å². The van der Waals surface area contributed by atoms with Gasteiger partial charge in [-0.15, -0.1) is 0 Å². The van der Waals surface area contributed by atoms with E-state index >= 15 is 0 Å². The lowest BCUT2D eigenvalue weighted by atomic mass is 10.1. The molecule has 0 saturated heterocycles. The predicted molar refractivity (Wildman–Crippen MR) is 154 cm³/mol. The van der Waals surface area contributed by atoms with Crippen LogP contribution in [0.3, 0.4) is 0 Å². The summed E-state index contributed by atoms with van der Waals surface area (Å²) in [5.74, 6) is 0.851. The van der Waals surface area contributed by atoms with Gasteiger partial charge in [0.2, 0.25) is 0 Å². The van der Waals surface area contributed by atoms with Crippen LogP contribution in [-0.2, 0) is 0 Å². The van der Waals surface area contributed by atoms with Crippen molar-refractivity contribution in [3.8, 4) is 11.5 Å². The Morgan fingerprint density at radius 3 is 2.54 bits per heavy atom. The van der Waals surface area contributed by atoms with Gasteiger partial charge in [-0.2, -0.15) is 0 Å². The zero-order valence-corrected chi connectivity index (χ0v) is 22.7. The largest absolute Gasteiger partial charge is 0.455 e. The van der Waals surface area contributed by atoms with Crippen molar-refractivity contribution in [1.29, 1.82) is 0 Å². The lowest BCUT2D eigenvalue weighted by Gasteiger charge is -2.16. The average Bonchev–Trinajstić information content (AvgIpc) is 2.92. The summed E-state index contributed by atoms with van der Waals surface area (Å²) in [7, 11) is 0. The first-order valence-electron chi connectivity index (χ1n) is 12.1. The summed E-state index contributed by atoms with van der Waals surface area (Å²) in [4.78, 5) is 26.5. The maximum absolute atomic E-state index is 14.0. The molecule has 0 atom stereocenters. The van der Waals surface area contributed by atoms with Crippen molar-refractivity contribution in [2.75, 3.05) is 16.4 Å². The van der Waals surface area contributed by atoms with Crippen LogP contribution in [0, 0.1) is 5.82 Å². The number of halogens is 2. The number of hydrogen-bond donors (Lipinski definition) is 3. The molecule has 0 saturated carbocycles. The SMILES string of the molecule is CC(C)c1ccc2c(Nc3cc(C(=O)Nc4ccc(Br)c(F)c4)ccc3Oc3ccc(N)cc3)ncnc2n1. The molecular formula is C29H24BrFN6O2. The van der Waals surface area contributed by atoms with Gasteiger partial charge in [-0.3, -0.25) is 4.79 Å². The van der Waals surface area contributed by atoms with E-state index in [2.05, 4.69) is 55.4 Å². The summed E-state index contributed by atoms with van der Waals surface area (Å²) in [6.07, 6.45) is 1.43. The van der Waals surface area contributed by atoms with Gasteiger partial charge in [-0.25, -0.2) is 19.3 Å². The lowest BCUT2D eigenvalue weighted by Crippen LogP contribution is -2.12. The Morgan fingerprint density at radius 2 is 1.79 bits per heavy atom. The molecule has 0 aliphatic rings. The first kappa shape index (κ1) is 26.1. The first-order valence-corrected chi connectivity index (χ1v) is 12.9. The Bertz CT molecular complexity index is 1680. The number of benzene rings is 3. The van der Waals surface area contributed by atoms with Crippen LogP contribution < -0.4 is 21.1 Å². The number of nitrogens with zero attached hydrogens (tertiary/aromatic N) is 3. The van der Waals surface area contributed by atoms with E-state index in [4.69, 9.17) is 10.5 Å². The molecule has 0 aliphatic heterocycles. The van der Waals surface area contributed by atoms with Gasteiger partial charge in [-0.1, -0.05) is 13.8 Å². The minimum Gasteiger partial charge on any atom is -0.455 e. The molecule has 0 radical (unpaired) electrons.